The van der Waals surface area contributed by atoms with Crippen molar-refractivity contribution in [3.63, 3.8) is 0 Å². The third-order valence-corrected chi connectivity index (χ3v) is 6.11. The van der Waals surface area contributed by atoms with Crippen LogP contribution in [0.3, 0.4) is 0 Å². The molecule has 0 bridgehead atoms. The summed E-state index contributed by atoms with van der Waals surface area (Å²) in [5.41, 5.74) is 1.47. The highest BCUT2D eigenvalue weighted by atomic mass is 16.2. The van der Waals surface area contributed by atoms with Crippen molar-refractivity contribution in [3.05, 3.63) is 35.9 Å². The van der Waals surface area contributed by atoms with Gasteiger partial charge in [0.1, 0.15) is 0 Å². The third kappa shape index (κ3) is 5.84. The van der Waals surface area contributed by atoms with Gasteiger partial charge < -0.3 is 4.90 Å². The van der Waals surface area contributed by atoms with Crippen LogP contribution in [-0.2, 0) is 11.2 Å². The number of likely N-dealkylation sites (tertiary alicyclic amines) is 1. The van der Waals surface area contributed by atoms with Crippen LogP contribution in [0.2, 0.25) is 0 Å². The first kappa shape index (κ1) is 21.0. The van der Waals surface area contributed by atoms with Crippen molar-refractivity contribution in [1.82, 2.24) is 9.80 Å². The van der Waals surface area contributed by atoms with Gasteiger partial charge in [-0.1, -0.05) is 51.1 Å². The molecule has 0 aliphatic carbocycles. The lowest BCUT2D eigenvalue weighted by atomic mass is 9.89. The number of benzene rings is 1. The van der Waals surface area contributed by atoms with Crippen molar-refractivity contribution < 1.29 is 4.79 Å². The fourth-order valence-corrected chi connectivity index (χ4v) is 4.33. The average Bonchev–Trinajstić information content (AvgIpc) is 2.68. The maximum Gasteiger partial charge on any atom is 0.222 e. The van der Waals surface area contributed by atoms with Crippen molar-refractivity contribution in [3.8, 4) is 0 Å². The van der Waals surface area contributed by atoms with Crippen LogP contribution in [0.1, 0.15) is 65.4 Å². The van der Waals surface area contributed by atoms with Gasteiger partial charge in [-0.05, 0) is 63.6 Å². The van der Waals surface area contributed by atoms with E-state index in [2.05, 4.69) is 60.9 Å². The second-order valence-corrected chi connectivity index (χ2v) is 7.89. The topological polar surface area (TPSA) is 23.6 Å². The maximum absolute atomic E-state index is 12.5. The highest BCUT2D eigenvalue weighted by Crippen LogP contribution is 2.23. The molecule has 0 saturated carbocycles. The third-order valence-electron chi connectivity index (χ3n) is 6.11. The molecular formula is C23H38N2O. The van der Waals surface area contributed by atoms with Gasteiger partial charge in [0.25, 0.3) is 0 Å². The van der Waals surface area contributed by atoms with Gasteiger partial charge in [-0.3, -0.25) is 9.69 Å². The number of hydrogen-bond acceptors (Lipinski definition) is 2. The van der Waals surface area contributed by atoms with E-state index in [1.165, 1.54) is 24.8 Å². The van der Waals surface area contributed by atoms with E-state index < -0.39 is 0 Å². The second-order valence-electron chi connectivity index (χ2n) is 7.89. The number of nitrogens with zero attached hydrogens (tertiary/aromatic N) is 2. The molecule has 1 aromatic carbocycles. The van der Waals surface area contributed by atoms with E-state index in [-0.39, 0.29) is 0 Å². The highest BCUT2D eigenvalue weighted by molar-refractivity contribution is 5.76. The predicted octanol–water partition coefficient (Wildman–Crippen LogP) is 4.76. The van der Waals surface area contributed by atoms with Gasteiger partial charge in [-0.2, -0.15) is 0 Å². The van der Waals surface area contributed by atoms with Crippen LogP contribution in [0.4, 0.5) is 0 Å². The van der Waals surface area contributed by atoms with Gasteiger partial charge in [-0.25, -0.2) is 0 Å². The largest absolute Gasteiger partial charge is 0.338 e. The monoisotopic (exact) mass is 358 g/mol. The zero-order chi connectivity index (χ0) is 18.9. The van der Waals surface area contributed by atoms with Crippen molar-refractivity contribution in [2.24, 2.45) is 5.92 Å². The minimum Gasteiger partial charge on any atom is -0.338 e. The van der Waals surface area contributed by atoms with E-state index >= 15 is 0 Å². The molecule has 26 heavy (non-hydrogen) atoms. The SMILES string of the molecule is CCC(=O)N(CC(C)N1CCC(Cc2ccccc2)CC1)C(CC)CC. The molecular weight excluding hydrogens is 320 g/mol. The lowest BCUT2D eigenvalue weighted by Crippen LogP contribution is -2.50. The molecule has 1 atom stereocenters. The van der Waals surface area contributed by atoms with E-state index in [0.717, 1.165) is 38.4 Å². The standard InChI is InChI=1S/C23H38N2O/c1-5-22(6-2)25(23(26)7-3)18-19(4)24-15-13-21(14-16-24)17-20-11-9-8-10-12-20/h8-12,19,21-22H,5-7,13-18H2,1-4H3. The Bertz CT molecular complexity index is 518. The molecule has 0 N–H and O–H groups in total. The van der Waals surface area contributed by atoms with Crippen molar-refractivity contribution in [1.29, 1.82) is 0 Å². The number of carbonyl (C=O) groups is 1. The predicted molar refractivity (Wildman–Crippen MR) is 110 cm³/mol. The van der Waals surface area contributed by atoms with Crippen LogP contribution in [0.25, 0.3) is 0 Å². The van der Waals surface area contributed by atoms with E-state index in [0.29, 0.717) is 24.4 Å². The Morgan fingerprint density at radius 3 is 2.27 bits per heavy atom. The summed E-state index contributed by atoms with van der Waals surface area (Å²) in [6, 6.07) is 11.7. The van der Waals surface area contributed by atoms with Crippen LogP contribution < -0.4 is 0 Å². The summed E-state index contributed by atoms with van der Waals surface area (Å²) in [6.07, 6.45) is 6.46. The smallest absolute Gasteiger partial charge is 0.222 e. The second kappa shape index (κ2) is 10.7. The maximum atomic E-state index is 12.5. The summed E-state index contributed by atoms with van der Waals surface area (Å²) in [6.45, 7) is 11.9. The zero-order valence-corrected chi connectivity index (χ0v) is 17.3. The van der Waals surface area contributed by atoms with Gasteiger partial charge >= 0.3 is 0 Å². The molecule has 1 amide bonds. The first-order valence-electron chi connectivity index (χ1n) is 10.7. The molecule has 1 saturated heterocycles. The molecule has 0 aromatic heterocycles. The molecule has 0 spiro atoms. The fraction of sp³-hybridized carbons (Fsp3) is 0.696. The Morgan fingerprint density at radius 1 is 1.12 bits per heavy atom. The number of amides is 1. The molecule has 1 fully saturated rings. The number of rotatable bonds is 9. The molecule has 0 radical (unpaired) electrons. The number of piperidine rings is 1. The molecule has 1 aromatic rings. The van der Waals surface area contributed by atoms with Crippen molar-refractivity contribution in [2.75, 3.05) is 19.6 Å². The Morgan fingerprint density at radius 2 is 1.73 bits per heavy atom. The molecule has 1 heterocycles. The van der Waals surface area contributed by atoms with Crippen LogP contribution in [0.15, 0.2) is 30.3 Å². The summed E-state index contributed by atoms with van der Waals surface area (Å²) >= 11 is 0. The van der Waals surface area contributed by atoms with Crippen LogP contribution in [0.5, 0.6) is 0 Å². The quantitative estimate of drug-likeness (QED) is 0.635. The molecule has 3 nitrogen and oxygen atoms in total. The Hall–Kier alpha value is -1.35. The van der Waals surface area contributed by atoms with Gasteiger partial charge in [0.05, 0.1) is 0 Å². The fourth-order valence-electron chi connectivity index (χ4n) is 4.33. The number of hydrogen-bond donors (Lipinski definition) is 0. The van der Waals surface area contributed by atoms with E-state index in [9.17, 15) is 4.79 Å². The van der Waals surface area contributed by atoms with Crippen LogP contribution in [0, 0.1) is 5.92 Å². The summed E-state index contributed by atoms with van der Waals surface area (Å²) in [4.78, 5) is 17.2. The summed E-state index contributed by atoms with van der Waals surface area (Å²) in [7, 11) is 0. The summed E-state index contributed by atoms with van der Waals surface area (Å²) < 4.78 is 0. The molecule has 1 unspecified atom stereocenters. The minimum absolute atomic E-state index is 0.310. The molecule has 3 heteroatoms. The zero-order valence-electron chi connectivity index (χ0n) is 17.3. The van der Waals surface area contributed by atoms with Crippen LogP contribution in [-0.4, -0.2) is 47.4 Å². The van der Waals surface area contributed by atoms with Crippen molar-refractivity contribution >= 4 is 5.91 Å². The van der Waals surface area contributed by atoms with E-state index in [4.69, 9.17) is 0 Å². The van der Waals surface area contributed by atoms with Gasteiger partial charge in [-0.15, -0.1) is 0 Å². The Labute approximate surface area is 160 Å². The lowest BCUT2D eigenvalue weighted by molar-refractivity contribution is -0.134. The Kier molecular flexibility index (Phi) is 8.64. The minimum atomic E-state index is 0.310. The summed E-state index contributed by atoms with van der Waals surface area (Å²) in [5, 5.41) is 0. The summed E-state index contributed by atoms with van der Waals surface area (Å²) in [5.74, 6) is 1.11. The number of carbonyl (C=O) groups excluding carboxylic acids is 1. The molecule has 1 aliphatic rings. The van der Waals surface area contributed by atoms with Gasteiger partial charge in [0.2, 0.25) is 5.91 Å². The van der Waals surface area contributed by atoms with Crippen molar-refractivity contribution in [2.45, 2.75) is 78.3 Å². The lowest BCUT2D eigenvalue weighted by Gasteiger charge is -2.40. The first-order valence-corrected chi connectivity index (χ1v) is 10.7. The van der Waals surface area contributed by atoms with E-state index in [1.54, 1.807) is 0 Å². The first-order chi connectivity index (χ1) is 12.6. The Balaban J connectivity index is 1.86. The van der Waals surface area contributed by atoms with Crippen LogP contribution >= 0.6 is 0 Å². The van der Waals surface area contributed by atoms with E-state index in [1.807, 2.05) is 6.92 Å². The average molecular weight is 359 g/mol. The molecule has 1 aliphatic heterocycles. The molecule has 146 valence electrons. The molecule has 2 rings (SSSR count). The van der Waals surface area contributed by atoms with Gasteiger partial charge in [0, 0.05) is 25.0 Å². The normalized spacial score (nSPS) is 17.4. The van der Waals surface area contributed by atoms with Gasteiger partial charge in [0.15, 0.2) is 0 Å². The highest BCUT2D eigenvalue weighted by Gasteiger charge is 2.27.